The number of sulfonamides is 1. The number of hydrogen-bond acceptors (Lipinski definition) is 3. The lowest BCUT2D eigenvalue weighted by Gasteiger charge is -2.27. The van der Waals surface area contributed by atoms with Crippen molar-refractivity contribution in [1.29, 1.82) is 0 Å². The first kappa shape index (κ1) is 18.9. The van der Waals surface area contributed by atoms with Crippen LogP contribution in [-0.2, 0) is 14.8 Å². The molecule has 2 aromatic rings. The zero-order valence-corrected chi connectivity index (χ0v) is 16.2. The second-order valence-corrected chi connectivity index (χ2v) is 9.51. The average molecular weight is 402 g/mol. The number of fused-ring (bicyclic) bond motifs is 2. The zero-order chi connectivity index (χ0) is 19.7. The highest BCUT2D eigenvalue weighted by Gasteiger charge is 2.40. The Bertz CT molecular complexity index is 947. The predicted octanol–water partition coefficient (Wildman–Crippen LogP) is 3.33. The summed E-state index contributed by atoms with van der Waals surface area (Å²) in [4.78, 5) is 12.8. The molecule has 0 aliphatic heterocycles. The van der Waals surface area contributed by atoms with E-state index in [1.165, 1.54) is 42.8 Å². The number of nitrogens with zero attached hydrogens (tertiary/aromatic N) is 1. The van der Waals surface area contributed by atoms with Crippen molar-refractivity contribution in [3.8, 4) is 0 Å². The third-order valence-corrected chi connectivity index (χ3v) is 7.61. The molecule has 1 amide bonds. The van der Waals surface area contributed by atoms with E-state index >= 15 is 0 Å². The maximum atomic E-state index is 13.3. The van der Waals surface area contributed by atoms with Gasteiger partial charge in [0.1, 0.15) is 12.4 Å². The molecule has 2 aliphatic rings. The van der Waals surface area contributed by atoms with Gasteiger partial charge in [-0.1, -0.05) is 24.6 Å². The van der Waals surface area contributed by atoms with Crippen LogP contribution in [0, 0.1) is 17.7 Å². The predicted molar refractivity (Wildman–Crippen MR) is 105 cm³/mol. The average Bonchev–Trinajstić information content (AvgIpc) is 3.31. The summed E-state index contributed by atoms with van der Waals surface area (Å²) >= 11 is 0. The number of halogens is 1. The largest absolute Gasteiger partial charge is 0.352 e. The Morgan fingerprint density at radius 2 is 1.75 bits per heavy atom. The number of carbonyl (C=O) groups excluding carboxylic acids is 1. The molecular formula is C21H23FN2O3S. The van der Waals surface area contributed by atoms with Crippen molar-refractivity contribution in [3.63, 3.8) is 0 Å². The topological polar surface area (TPSA) is 66.5 Å². The Morgan fingerprint density at radius 1 is 1.04 bits per heavy atom. The van der Waals surface area contributed by atoms with E-state index in [1.54, 1.807) is 18.2 Å². The molecular weight excluding hydrogens is 379 g/mol. The summed E-state index contributed by atoms with van der Waals surface area (Å²) in [7, 11) is -3.96. The van der Waals surface area contributed by atoms with E-state index in [0.29, 0.717) is 11.8 Å². The van der Waals surface area contributed by atoms with Crippen molar-refractivity contribution in [2.75, 3.05) is 10.8 Å². The first-order valence-electron chi connectivity index (χ1n) is 9.56. The molecule has 0 aromatic heterocycles. The zero-order valence-electron chi connectivity index (χ0n) is 15.4. The quantitative estimate of drug-likeness (QED) is 0.806. The standard InChI is InChI=1S/C21H23FN2O3S/c22-17-8-10-18(11-9-17)24(28(26,27)19-4-2-1-3-5-19)14-21(25)23-20-13-15-6-7-16(20)12-15/h1-5,8-11,15-16,20H,6-7,12-14H2,(H,23,25)/t15-,16-,20+/m0/s1. The third-order valence-electron chi connectivity index (χ3n) is 5.82. The molecule has 0 saturated heterocycles. The molecule has 3 atom stereocenters. The van der Waals surface area contributed by atoms with Gasteiger partial charge in [0.25, 0.3) is 10.0 Å². The van der Waals surface area contributed by atoms with Crippen molar-refractivity contribution >= 4 is 21.6 Å². The molecule has 5 nitrogen and oxygen atoms in total. The van der Waals surface area contributed by atoms with Crippen LogP contribution in [0.2, 0.25) is 0 Å². The molecule has 1 N–H and O–H groups in total. The number of nitrogens with one attached hydrogen (secondary N) is 1. The van der Waals surface area contributed by atoms with Crippen LogP contribution in [-0.4, -0.2) is 26.9 Å². The molecule has 2 saturated carbocycles. The van der Waals surface area contributed by atoms with Gasteiger partial charge in [0.2, 0.25) is 5.91 Å². The van der Waals surface area contributed by atoms with E-state index in [9.17, 15) is 17.6 Å². The first-order chi connectivity index (χ1) is 13.4. The van der Waals surface area contributed by atoms with E-state index in [0.717, 1.165) is 23.6 Å². The van der Waals surface area contributed by atoms with E-state index in [2.05, 4.69) is 5.32 Å². The Hall–Kier alpha value is -2.41. The fraction of sp³-hybridized carbons (Fsp3) is 0.381. The van der Waals surface area contributed by atoms with Crippen LogP contribution in [0.25, 0.3) is 0 Å². The van der Waals surface area contributed by atoms with Crippen LogP contribution < -0.4 is 9.62 Å². The molecule has 0 spiro atoms. The van der Waals surface area contributed by atoms with Crippen LogP contribution in [0.5, 0.6) is 0 Å². The Labute approximate surface area is 164 Å². The summed E-state index contributed by atoms with van der Waals surface area (Å²) in [5.74, 6) is 0.379. The van der Waals surface area contributed by atoms with Crippen LogP contribution >= 0.6 is 0 Å². The second kappa shape index (κ2) is 7.54. The van der Waals surface area contributed by atoms with Gasteiger partial charge in [-0.15, -0.1) is 0 Å². The van der Waals surface area contributed by atoms with Crippen molar-refractivity contribution in [2.45, 2.75) is 36.6 Å². The second-order valence-electron chi connectivity index (χ2n) is 7.65. The minimum absolute atomic E-state index is 0.0899. The molecule has 4 rings (SSSR count). The maximum Gasteiger partial charge on any atom is 0.264 e. The summed E-state index contributed by atoms with van der Waals surface area (Å²) < 4.78 is 40.7. The van der Waals surface area contributed by atoms with Crippen LogP contribution in [0.15, 0.2) is 59.5 Å². The van der Waals surface area contributed by atoms with Crippen LogP contribution in [0.3, 0.4) is 0 Å². The lowest BCUT2D eigenvalue weighted by atomic mass is 9.95. The third kappa shape index (κ3) is 3.76. The highest BCUT2D eigenvalue weighted by molar-refractivity contribution is 7.92. The summed E-state index contributed by atoms with van der Waals surface area (Å²) in [6.45, 7) is -0.337. The molecule has 0 heterocycles. The Morgan fingerprint density at radius 3 is 2.36 bits per heavy atom. The fourth-order valence-electron chi connectivity index (χ4n) is 4.45. The summed E-state index contributed by atoms with van der Waals surface area (Å²) in [5, 5.41) is 3.03. The van der Waals surface area contributed by atoms with Gasteiger partial charge >= 0.3 is 0 Å². The van der Waals surface area contributed by atoms with Gasteiger partial charge in [0, 0.05) is 6.04 Å². The number of benzene rings is 2. The molecule has 0 unspecified atom stereocenters. The van der Waals surface area contributed by atoms with E-state index in [1.807, 2.05) is 0 Å². The van der Waals surface area contributed by atoms with Gasteiger partial charge in [-0.3, -0.25) is 9.10 Å². The Balaban J connectivity index is 1.58. The van der Waals surface area contributed by atoms with Crippen molar-refractivity contribution in [2.24, 2.45) is 11.8 Å². The fourth-order valence-corrected chi connectivity index (χ4v) is 5.89. The van der Waals surface area contributed by atoms with Gasteiger partial charge in [-0.2, -0.15) is 0 Å². The van der Waals surface area contributed by atoms with E-state index < -0.39 is 15.8 Å². The van der Waals surface area contributed by atoms with Crippen molar-refractivity contribution < 1.29 is 17.6 Å². The van der Waals surface area contributed by atoms with Gasteiger partial charge in [0.15, 0.2) is 0 Å². The smallest absolute Gasteiger partial charge is 0.264 e. The molecule has 148 valence electrons. The monoisotopic (exact) mass is 402 g/mol. The van der Waals surface area contributed by atoms with Gasteiger partial charge in [-0.25, -0.2) is 12.8 Å². The minimum atomic E-state index is -3.96. The SMILES string of the molecule is O=C(CN(c1ccc(F)cc1)S(=O)(=O)c1ccccc1)N[C@@H]1C[C@H]2CC[C@H]1C2. The molecule has 7 heteroatoms. The number of carbonyl (C=O) groups is 1. The van der Waals surface area contributed by atoms with Crippen LogP contribution in [0.4, 0.5) is 10.1 Å². The normalized spacial score (nSPS) is 23.5. The lowest BCUT2D eigenvalue weighted by Crippen LogP contribution is -2.46. The molecule has 28 heavy (non-hydrogen) atoms. The molecule has 0 radical (unpaired) electrons. The molecule has 2 aliphatic carbocycles. The van der Waals surface area contributed by atoms with Gasteiger partial charge < -0.3 is 5.32 Å². The van der Waals surface area contributed by atoms with E-state index in [-0.39, 0.29) is 29.1 Å². The van der Waals surface area contributed by atoms with Gasteiger partial charge in [0.05, 0.1) is 10.6 Å². The summed E-state index contributed by atoms with van der Waals surface area (Å²) in [6.07, 6.45) is 4.47. The van der Waals surface area contributed by atoms with Gasteiger partial charge in [-0.05, 0) is 67.5 Å². The number of hydrogen-bond donors (Lipinski definition) is 1. The highest BCUT2D eigenvalue weighted by atomic mass is 32.2. The number of amides is 1. The Kier molecular flexibility index (Phi) is 5.10. The molecule has 2 fully saturated rings. The molecule has 2 aromatic carbocycles. The lowest BCUT2D eigenvalue weighted by molar-refractivity contribution is -0.120. The van der Waals surface area contributed by atoms with E-state index in [4.69, 9.17) is 0 Å². The summed E-state index contributed by atoms with van der Waals surface area (Å²) in [6, 6.07) is 13.2. The van der Waals surface area contributed by atoms with Crippen molar-refractivity contribution in [3.05, 3.63) is 60.4 Å². The number of rotatable bonds is 6. The van der Waals surface area contributed by atoms with Crippen molar-refractivity contribution in [1.82, 2.24) is 5.32 Å². The van der Waals surface area contributed by atoms with Crippen LogP contribution in [0.1, 0.15) is 25.7 Å². The molecule has 2 bridgehead atoms. The maximum absolute atomic E-state index is 13.3. The number of anilines is 1. The minimum Gasteiger partial charge on any atom is -0.352 e. The highest BCUT2D eigenvalue weighted by Crippen LogP contribution is 2.44. The summed E-state index contributed by atoms with van der Waals surface area (Å²) in [5.41, 5.74) is 0.258. The first-order valence-corrected chi connectivity index (χ1v) is 11.0.